The van der Waals surface area contributed by atoms with Crippen molar-refractivity contribution in [3.05, 3.63) is 0 Å². The lowest BCUT2D eigenvalue weighted by Crippen LogP contribution is -2.31. The van der Waals surface area contributed by atoms with E-state index in [0.717, 1.165) is 0 Å². The van der Waals surface area contributed by atoms with E-state index in [-0.39, 0.29) is 6.10 Å². The summed E-state index contributed by atoms with van der Waals surface area (Å²) in [6.07, 6.45) is 5.40. The minimum atomic E-state index is 0.273. The fourth-order valence-corrected chi connectivity index (χ4v) is 2.62. The molecule has 0 spiro atoms. The van der Waals surface area contributed by atoms with Crippen LogP contribution in [0.3, 0.4) is 0 Å². The molecule has 1 fully saturated rings. The van der Waals surface area contributed by atoms with Gasteiger partial charge in [0.2, 0.25) is 0 Å². The standard InChI is InChI=1S/C13H24O3/c1-11(16-8-7-15-10-14)12-5-4-6-13(2,3)9-12/h10-12H,4-9H2,1-3H3. The molecule has 94 valence electrons. The van der Waals surface area contributed by atoms with E-state index in [1.165, 1.54) is 25.7 Å². The second kappa shape index (κ2) is 6.24. The van der Waals surface area contributed by atoms with Crippen molar-refractivity contribution in [1.29, 1.82) is 0 Å². The van der Waals surface area contributed by atoms with Gasteiger partial charge in [-0.25, -0.2) is 0 Å². The fraction of sp³-hybridized carbons (Fsp3) is 0.923. The first-order valence-electron chi connectivity index (χ1n) is 6.22. The largest absolute Gasteiger partial charge is 0.465 e. The van der Waals surface area contributed by atoms with Crippen LogP contribution in [0.15, 0.2) is 0 Å². The van der Waals surface area contributed by atoms with Crippen LogP contribution in [0, 0.1) is 11.3 Å². The van der Waals surface area contributed by atoms with Crippen LogP contribution in [0.4, 0.5) is 0 Å². The fourth-order valence-electron chi connectivity index (χ4n) is 2.62. The summed E-state index contributed by atoms with van der Waals surface area (Å²) >= 11 is 0. The van der Waals surface area contributed by atoms with E-state index in [0.29, 0.717) is 31.0 Å². The molecule has 0 bridgehead atoms. The Morgan fingerprint density at radius 2 is 2.19 bits per heavy atom. The van der Waals surface area contributed by atoms with Gasteiger partial charge in [-0.3, -0.25) is 4.79 Å². The summed E-state index contributed by atoms with van der Waals surface area (Å²) in [6.45, 7) is 8.15. The van der Waals surface area contributed by atoms with Crippen molar-refractivity contribution in [3.8, 4) is 0 Å². The Bertz CT molecular complexity index is 213. The van der Waals surface area contributed by atoms with E-state index in [9.17, 15) is 4.79 Å². The smallest absolute Gasteiger partial charge is 0.293 e. The van der Waals surface area contributed by atoms with Crippen LogP contribution >= 0.6 is 0 Å². The van der Waals surface area contributed by atoms with Gasteiger partial charge in [-0.15, -0.1) is 0 Å². The van der Waals surface area contributed by atoms with Gasteiger partial charge in [0.1, 0.15) is 6.61 Å². The first-order chi connectivity index (χ1) is 7.55. The minimum absolute atomic E-state index is 0.273. The Hall–Kier alpha value is -0.570. The predicted octanol–water partition coefficient (Wildman–Crippen LogP) is 2.78. The second-order valence-electron chi connectivity index (χ2n) is 5.56. The molecule has 0 aromatic rings. The van der Waals surface area contributed by atoms with Gasteiger partial charge in [-0.2, -0.15) is 0 Å². The SMILES string of the molecule is CC(OCCOC=O)C1CCCC(C)(C)C1. The molecule has 0 aliphatic heterocycles. The number of hydrogen-bond acceptors (Lipinski definition) is 3. The maximum Gasteiger partial charge on any atom is 0.293 e. The molecule has 2 atom stereocenters. The molecule has 1 aliphatic rings. The molecular formula is C13H24O3. The van der Waals surface area contributed by atoms with E-state index in [4.69, 9.17) is 4.74 Å². The van der Waals surface area contributed by atoms with Gasteiger partial charge < -0.3 is 9.47 Å². The first-order valence-corrected chi connectivity index (χ1v) is 6.22. The number of rotatable bonds is 6. The summed E-state index contributed by atoms with van der Waals surface area (Å²) in [7, 11) is 0. The van der Waals surface area contributed by atoms with E-state index in [1.54, 1.807) is 0 Å². The van der Waals surface area contributed by atoms with Gasteiger partial charge in [-0.1, -0.05) is 20.3 Å². The van der Waals surface area contributed by atoms with Crippen molar-refractivity contribution in [2.45, 2.75) is 52.6 Å². The van der Waals surface area contributed by atoms with Crippen LogP contribution in [0.5, 0.6) is 0 Å². The van der Waals surface area contributed by atoms with E-state index in [2.05, 4.69) is 25.5 Å². The van der Waals surface area contributed by atoms with Crippen molar-refractivity contribution >= 4 is 6.47 Å². The predicted molar refractivity (Wildman–Crippen MR) is 63.2 cm³/mol. The molecule has 0 aromatic carbocycles. The lowest BCUT2D eigenvalue weighted by atomic mass is 9.71. The van der Waals surface area contributed by atoms with Crippen molar-refractivity contribution < 1.29 is 14.3 Å². The molecule has 3 nitrogen and oxygen atoms in total. The molecule has 0 heterocycles. The van der Waals surface area contributed by atoms with Gasteiger partial charge in [0.15, 0.2) is 0 Å². The van der Waals surface area contributed by atoms with E-state index in [1.807, 2.05) is 0 Å². The van der Waals surface area contributed by atoms with Crippen LogP contribution in [-0.4, -0.2) is 25.8 Å². The Morgan fingerprint density at radius 1 is 1.44 bits per heavy atom. The monoisotopic (exact) mass is 228 g/mol. The average molecular weight is 228 g/mol. The lowest BCUT2D eigenvalue weighted by Gasteiger charge is -2.37. The summed E-state index contributed by atoms with van der Waals surface area (Å²) in [5.74, 6) is 0.653. The highest BCUT2D eigenvalue weighted by Crippen LogP contribution is 2.40. The number of carbonyl (C=O) groups excluding carboxylic acids is 1. The Morgan fingerprint density at radius 3 is 2.81 bits per heavy atom. The average Bonchev–Trinajstić information content (AvgIpc) is 2.22. The van der Waals surface area contributed by atoms with Crippen LogP contribution in [0.1, 0.15) is 46.5 Å². The number of ether oxygens (including phenoxy) is 2. The number of hydrogen-bond donors (Lipinski definition) is 0. The quantitative estimate of drug-likeness (QED) is 0.518. The zero-order valence-corrected chi connectivity index (χ0v) is 10.7. The molecule has 0 aromatic heterocycles. The molecule has 0 saturated heterocycles. The van der Waals surface area contributed by atoms with Crippen LogP contribution in [0.2, 0.25) is 0 Å². The van der Waals surface area contributed by atoms with Crippen LogP contribution < -0.4 is 0 Å². The third-order valence-electron chi connectivity index (χ3n) is 3.56. The zero-order valence-electron chi connectivity index (χ0n) is 10.7. The van der Waals surface area contributed by atoms with Gasteiger partial charge in [-0.05, 0) is 37.5 Å². The van der Waals surface area contributed by atoms with Gasteiger partial charge >= 0.3 is 0 Å². The molecule has 16 heavy (non-hydrogen) atoms. The first kappa shape index (κ1) is 13.5. The summed E-state index contributed by atoms with van der Waals surface area (Å²) in [4.78, 5) is 9.96. The lowest BCUT2D eigenvalue weighted by molar-refractivity contribution is -0.131. The molecule has 0 radical (unpaired) electrons. The van der Waals surface area contributed by atoms with Crippen molar-refractivity contribution in [3.63, 3.8) is 0 Å². The Kier molecular flexibility index (Phi) is 5.26. The molecule has 0 N–H and O–H groups in total. The summed E-state index contributed by atoms with van der Waals surface area (Å²) in [5, 5.41) is 0. The molecule has 1 rings (SSSR count). The topological polar surface area (TPSA) is 35.5 Å². The van der Waals surface area contributed by atoms with E-state index >= 15 is 0 Å². The Balaban J connectivity index is 2.24. The van der Waals surface area contributed by atoms with Crippen LogP contribution in [-0.2, 0) is 14.3 Å². The molecule has 1 aliphatic carbocycles. The molecule has 1 saturated carbocycles. The van der Waals surface area contributed by atoms with Crippen molar-refractivity contribution in [2.75, 3.05) is 13.2 Å². The van der Waals surface area contributed by atoms with Crippen molar-refractivity contribution in [1.82, 2.24) is 0 Å². The summed E-state index contributed by atoms with van der Waals surface area (Å²) in [5.41, 5.74) is 0.458. The van der Waals surface area contributed by atoms with Gasteiger partial charge in [0, 0.05) is 0 Å². The maximum atomic E-state index is 9.96. The second-order valence-corrected chi connectivity index (χ2v) is 5.56. The number of carbonyl (C=O) groups is 1. The van der Waals surface area contributed by atoms with Gasteiger partial charge in [0.25, 0.3) is 6.47 Å². The van der Waals surface area contributed by atoms with Crippen LogP contribution in [0.25, 0.3) is 0 Å². The summed E-state index contributed by atoms with van der Waals surface area (Å²) < 4.78 is 10.3. The molecule has 3 heteroatoms. The minimum Gasteiger partial charge on any atom is -0.465 e. The van der Waals surface area contributed by atoms with Gasteiger partial charge in [0.05, 0.1) is 12.7 Å². The zero-order chi connectivity index (χ0) is 12.0. The van der Waals surface area contributed by atoms with Crippen molar-refractivity contribution in [2.24, 2.45) is 11.3 Å². The maximum absolute atomic E-state index is 9.96. The van der Waals surface area contributed by atoms with E-state index < -0.39 is 0 Å². The third-order valence-corrected chi connectivity index (χ3v) is 3.56. The third kappa shape index (κ3) is 4.52. The molecular weight excluding hydrogens is 204 g/mol. The highest BCUT2D eigenvalue weighted by atomic mass is 16.5. The highest BCUT2D eigenvalue weighted by molar-refractivity contribution is 5.36. The molecule has 0 amide bonds. The highest BCUT2D eigenvalue weighted by Gasteiger charge is 2.31. The molecule has 2 unspecified atom stereocenters. The normalized spacial score (nSPS) is 26.1. The summed E-state index contributed by atoms with van der Waals surface area (Å²) in [6, 6.07) is 0. The Labute approximate surface area is 98.5 Å².